The highest BCUT2D eigenvalue weighted by Crippen LogP contribution is 2.16. The Morgan fingerprint density at radius 3 is 2.67 bits per heavy atom. The Labute approximate surface area is 92.9 Å². The molecule has 0 saturated carbocycles. The third-order valence-electron chi connectivity index (χ3n) is 3.28. The van der Waals surface area contributed by atoms with Crippen molar-refractivity contribution in [2.45, 2.75) is 26.7 Å². The molecule has 86 valence electrons. The predicted octanol–water partition coefficient (Wildman–Crippen LogP) is 1.84. The van der Waals surface area contributed by atoms with Crippen molar-refractivity contribution in [1.82, 2.24) is 15.1 Å². The molecule has 1 aromatic rings. The lowest BCUT2D eigenvalue weighted by Crippen LogP contribution is -2.22. The van der Waals surface area contributed by atoms with Crippen LogP contribution in [0.2, 0.25) is 0 Å². The quantitative estimate of drug-likeness (QED) is 0.775. The number of rotatable bonds is 6. The van der Waals surface area contributed by atoms with Crippen molar-refractivity contribution < 1.29 is 0 Å². The summed E-state index contributed by atoms with van der Waals surface area (Å²) >= 11 is 0. The van der Waals surface area contributed by atoms with Crippen LogP contribution in [0.15, 0.2) is 12.3 Å². The van der Waals surface area contributed by atoms with Crippen LogP contribution in [0.3, 0.4) is 0 Å². The fourth-order valence-electron chi connectivity index (χ4n) is 1.83. The van der Waals surface area contributed by atoms with Gasteiger partial charge < -0.3 is 5.32 Å². The standard InChI is InChI=1S/C12H23N3/c1-10(11(2)9-13-3)5-6-12-7-8-14-15(12)4/h7-8,10-11,13H,5-6,9H2,1-4H3. The molecule has 15 heavy (non-hydrogen) atoms. The Balaban J connectivity index is 2.34. The van der Waals surface area contributed by atoms with Gasteiger partial charge in [0.25, 0.3) is 0 Å². The number of nitrogens with zero attached hydrogens (tertiary/aromatic N) is 2. The highest BCUT2D eigenvalue weighted by atomic mass is 15.2. The van der Waals surface area contributed by atoms with Gasteiger partial charge in [0.15, 0.2) is 0 Å². The average Bonchev–Trinajstić information content (AvgIpc) is 2.61. The second kappa shape index (κ2) is 5.91. The smallest absolute Gasteiger partial charge is 0.0492 e. The molecule has 3 heteroatoms. The molecule has 0 saturated heterocycles. The minimum Gasteiger partial charge on any atom is -0.319 e. The lowest BCUT2D eigenvalue weighted by Gasteiger charge is -2.19. The fourth-order valence-corrected chi connectivity index (χ4v) is 1.83. The predicted molar refractivity (Wildman–Crippen MR) is 63.8 cm³/mol. The number of nitrogens with one attached hydrogen (secondary N) is 1. The van der Waals surface area contributed by atoms with Crippen LogP contribution in [-0.2, 0) is 13.5 Å². The molecule has 0 aliphatic rings. The van der Waals surface area contributed by atoms with Crippen molar-refractivity contribution in [2.75, 3.05) is 13.6 Å². The summed E-state index contributed by atoms with van der Waals surface area (Å²) in [4.78, 5) is 0. The monoisotopic (exact) mass is 209 g/mol. The Morgan fingerprint density at radius 2 is 2.13 bits per heavy atom. The maximum atomic E-state index is 4.18. The molecule has 3 nitrogen and oxygen atoms in total. The molecule has 1 heterocycles. The largest absolute Gasteiger partial charge is 0.319 e. The van der Waals surface area contributed by atoms with Crippen LogP contribution < -0.4 is 5.32 Å². The van der Waals surface area contributed by atoms with Crippen LogP contribution in [0.1, 0.15) is 26.0 Å². The first-order valence-corrected chi connectivity index (χ1v) is 5.76. The normalized spacial score (nSPS) is 15.2. The van der Waals surface area contributed by atoms with Gasteiger partial charge in [0, 0.05) is 18.9 Å². The zero-order chi connectivity index (χ0) is 11.3. The highest BCUT2D eigenvalue weighted by Gasteiger charge is 2.11. The van der Waals surface area contributed by atoms with Gasteiger partial charge in [0.05, 0.1) is 0 Å². The van der Waals surface area contributed by atoms with Gasteiger partial charge in [-0.25, -0.2) is 0 Å². The van der Waals surface area contributed by atoms with E-state index in [1.807, 2.05) is 25.0 Å². The molecule has 0 amide bonds. The van der Waals surface area contributed by atoms with Crippen LogP contribution in [0.4, 0.5) is 0 Å². The van der Waals surface area contributed by atoms with Crippen LogP contribution >= 0.6 is 0 Å². The molecule has 0 spiro atoms. The van der Waals surface area contributed by atoms with Crippen LogP contribution in [0.5, 0.6) is 0 Å². The van der Waals surface area contributed by atoms with Gasteiger partial charge in [-0.2, -0.15) is 5.10 Å². The molecule has 1 aromatic heterocycles. The number of hydrogen-bond acceptors (Lipinski definition) is 2. The maximum absolute atomic E-state index is 4.18. The summed E-state index contributed by atoms with van der Waals surface area (Å²) in [5.74, 6) is 1.50. The molecule has 1 N–H and O–H groups in total. The number of aryl methyl sites for hydroxylation is 2. The van der Waals surface area contributed by atoms with E-state index in [9.17, 15) is 0 Å². The Morgan fingerprint density at radius 1 is 1.40 bits per heavy atom. The summed E-state index contributed by atoms with van der Waals surface area (Å²) < 4.78 is 1.97. The minimum atomic E-state index is 0.739. The second-order valence-electron chi connectivity index (χ2n) is 4.50. The zero-order valence-electron chi connectivity index (χ0n) is 10.3. The van der Waals surface area contributed by atoms with Crippen molar-refractivity contribution in [2.24, 2.45) is 18.9 Å². The summed E-state index contributed by atoms with van der Waals surface area (Å²) in [6, 6.07) is 2.11. The van der Waals surface area contributed by atoms with Crippen LogP contribution in [0, 0.1) is 11.8 Å². The minimum absolute atomic E-state index is 0.739. The molecular weight excluding hydrogens is 186 g/mol. The van der Waals surface area contributed by atoms with Gasteiger partial charge in [0.2, 0.25) is 0 Å². The van der Waals surface area contributed by atoms with E-state index in [1.165, 1.54) is 12.1 Å². The van der Waals surface area contributed by atoms with E-state index < -0.39 is 0 Å². The molecule has 0 aliphatic carbocycles. The Kier molecular flexibility index (Phi) is 4.82. The topological polar surface area (TPSA) is 29.9 Å². The van der Waals surface area contributed by atoms with E-state index in [1.54, 1.807) is 0 Å². The lowest BCUT2D eigenvalue weighted by molar-refractivity contribution is 0.353. The van der Waals surface area contributed by atoms with Crippen molar-refractivity contribution >= 4 is 0 Å². The summed E-state index contributed by atoms with van der Waals surface area (Å²) in [6.07, 6.45) is 4.24. The lowest BCUT2D eigenvalue weighted by atomic mass is 9.91. The van der Waals surface area contributed by atoms with Crippen molar-refractivity contribution in [3.05, 3.63) is 18.0 Å². The number of aromatic nitrogens is 2. The number of hydrogen-bond donors (Lipinski definition) is 1. The van der Waals surface area contributed by atoms with E-state index in [4.69, 9.17) is 0 Å². The highest BCUT2D eigenvalue weighted by molar-refractivity contribution is 4.99. The summed E-state index contributed by atoms with van der Waals surface area (Å²) in [6.45, 7) is 5.75. The Bertz CT molecular complexity index is 280. The molecular formula is C12H23N3. The summed E-state index contributed by atoms with van der Waals surface area (Å²) in [7, 11) is 4.03. The molecule has 1 rings (SSSR count). The van der Waals surface area contributed by atoms with Gasteiger partial charge in [-0.15, -0.1) is 0 Å². The first-order valence-electron chi connectivity index (χ1n) is 5.76. The fraction of sp³-hybridized carbons (Fsp3) is 0.750. The Hall–Kier alpha value is -0.830. The first-order chi connectivity index (χ1) is 7.15. The molecule has 0 bridgehead atoms. The summed E-state index contributed by atoms with van der Waals surface area (Å²) in [5, 5.41) is 7.42. The molecule has 2 unspecified atom stereocenters. The maximum Gasteiger partial charge on any atom is 0.0492 e. The third-order valence-corrected chi connectivity index (χ3v) is 3.28. The summed E-state index contributed by atoms with van der Waals surface area (Å²) in [5.41, 5.74) is 1.33. The van der Waals surface area contributed by atoms with Crippen LogP contribution in [-0.4, -0.2) is 23.4 Å². The SMILES string of the molecule is CNCC(C)C(C)CCc1ccnn1C. The van der Waals surface area contributed by atoms with Gasteiger partial charge in [-0.3, -0.25) is 4.68 Å². The molecule has 2 atom stereocenters. The third kappa shape index (κ3) is 3.67. The van der Waals surface area contributed by atoms with Crippen molar-refractivity contribution in [3.63, 3.8) is 0 Å². The van der Waals surface area contributed by atoms with E-state index >= 15 is 0 Å². The average molecular weight is 209 g/mol. The van der Waals surface area contributed by atoms with Crippen LogP contribution in [0.25, 0.3) is 0 Å². The zero-order valence-corrected chi connectivity index (χ0v) is 10.3. The first kappa shape index (κ1) is 12.2. The van der Waals surface area contributed by atoms with E-state index in [0.29, 0.717) is 0 Å². The van der Waals surface area contributed by atoms with Crippen molar-refractivity contribution in [1.29, 1.82) is 0 Å². The second-order valence-corrected chi connectivity index (χ2v) is 4.50. The van der Waals surface area contributed by atoms with Crippen molar-refractivity contribution in [3.8, 4) is 0 Å². The van der Waals surface area contributed by atoms with Gasteiger partial charge in [0.1, 0.15) is 0 Å². The van der Waals surface area contributed by atoms with E-state index in [-0.39, 0.29) is 0 Å². The van der Waals surface area contributed by atoms with Gasteiger partial charge >= 0.3 is 0 Å². The van der Waals surface area contributed by atoms with E-state index in [0.717, 1.165) is 24.8 Å². The molecule has 0 aliphatic heterocycles. The van der Waals surface area contributed by atoms with Gasteiger partial charge in [-0.1, -0.05) is 13.8 Å². The molecule has 0 radical (unpaired) electrons. The van der Waals surface area contributed by atoms with Gasteiger partial charge in [-0.05, 0) is 44.3 Å². The van der Waals surface area contributed by atoms with E-state index in [2.05, 4.69) is 30.3 Å². The molecule has 0 fully saturated rings. The molecule has 0 aromatic carbocycles.